The van der Waals surface area contributed by atoms with Crippen LogP contribution in [0.25, 0.3) is 0 Å². The van der Waals surface area contributed by atoms with Crippen LogP contribution < -0.4 is 0 Å². The van der Waals surface area contributed by atoms with Crippen LogP contribution in [0.15, 0.2) is 0 Å². The van der Waals surface area contributed by atoms with E-state index in [4.69, 9.17) is 0 Å². The van der Waals surface area contributed by atoms with Gasteiger partial charge in [-0.05, 0) is 13.8 Å². The van der Waals surface area contributed by atoms with Crippen molar-refractivity contribution in [2.45, 2.75) is 32.1 Å². The van der Waals surface area contributed by atoms with E-state index in [1.54, 1.807) is 0 Å². The lowest BCUT2D eigenvalue weighted by molar-refractivity contribution is -0.527. The van der Waals surface area contributed by atoms with Crippen molar-refractivity contribution in [1.29, 1.82) is 0 Å². The van der Waals surface area contributed by atoms with Crippen LogP contribution in [0.4, 0.5) is 0 Å². The summed E-state index contributed by atoms with van der Waals surface area (Å²) in [6, 6.07) is 0.718. The summed E-state index contributed by atoms with van der Waals surface area (Å²) in [6.45, 7) is 6.74. The van der Waals surface area contributed by atoms with Crippen LogP contribution in [0.1, 0.15) is 20.8 Å². The average molecular weight is 144 g/mol. The van der Waals surface area contributed by atoms with E-state index in [-0.39, 0.29) is 0 Å². The fourth-order valence-electron chi connectivity index (χ4n) is 1.05. The lowest BCUT2D eigenvalue weighted by Crippen LogP contribution is -2.22. The molecule has 0 radical (unpaired) electrons. The molecular formula is C7H14NS+. The van der Waals surface area contributed by atoms with Crippen LogP contribution >= 0.6 is 11.8 Å². The Kier molecular flexibility index (Phi) is 1.85. The van der Waals surface area contributed by atoms with Crippen molar-refractivity contribution < 1.29 is 4.58 Å². The summed E-state index contributed by atoms with van der Waals surface area (Å²) in [7, 11) is 2.16. The van der Waals surface area contributed by atoms with Crippen LogP contribution in [0.3, 0.4) is 0 Å². The van der Waals surface area contributed by atoms with E-state index < -0.39 is 0 Å². The average Bonchev–Trinajstić information content (AvgIpc) is 1.98. The minimum absolute atomic E-state index is 0.718. The normalized spacial score (nSPS) is 36.0. The van der Waals surface area contributed by atoms with Gasteiger partial charge in [-0.3, -0.25) is 0 Å². The van der Waals surface area contributed by atoms with Crippen molar-refractivity contribution in [1.82, 2.24) is 0 Å². The van der Waals surface area contributed by atoms with Gasteiger partial charge in [-0.15, -0.1) is 0 Å². The maximum absolute atomic E-state index is 2.34. The molecule has 0 saturated carbocycles. The minimum atomic E-state index is 0.718. The number of hydrogen-bond acceptors (Lipinski definition) is 1. The molecule has 0 N–H and O–H groups in total. The zero-order valence-corrected chi connectivity index (χ0v) is 7.33. The quantitative estimate of drug-likeness (QED) is 0.466. The Bertz CT molecular complexity index is 151. The number of nitrogens with zero attached hydrogens (tertiary/aromatic N) is 1. The van der Waals surface area contributed by atoms with Gasteiger partial charge in [-0.25, -0.2) is 4.58 Å². The van der Waals surface area contributed by atoms with E-state index in [1.807, 2.05) is 11.8 Å². The second-order valence-corrected chi connectivity index (χ2v) is 4.26. The molecule has 1 aliphatic rings. The Balaban J connectivity index is 2.74. The Morgan fingerprint density at radius 2 is 2.00 bits per heavy atom. The zero-order chi connectivity index (χ0) is 7.02. The van der Waals surface area contributed by atoms with Crippen molar-refractivity contribution in [3.05, 3.63) is 0 Å². The van der Waals surface area contributed by atoms with Crippen molar-refractivity contribution in [3.8, 4) is 0 Å². The first kappa shape index (κ1) is 7.13. The van der Waals surface area contributed by atoms with Crippen LogP contribution in [0.2, 0.25) is 0 Å². The summed E-state index contributed by atoms with van der Waals surface area (Å²) < 4.78 is 2.34. The molecule has 1 rings (SSSR count). The largest absolute Gasteiger partial charge is 0.227 e. The fourth-order valence-corrected chi connectivity index (χ4v) is 2.30. The van der Waals surface area contributed by atoms with Crippen molar-refractivity contribution in [3.63, 3.8) is 0 Å². The first-order chi connectivity index (χ1) is 4.13. The molecule has 0 aromatic rings. The van der Waals surface area contributed by atoms with Gasteiger partial charge in [0.15, 0.2) is 6.04 Å². The Morgan fingerprint density at radius 3 is 2.11 bits per heavy atom. The van der Waals surface area contributed by atoms with E-state index in [0.29, 0.717) is 0 Å². The first-order valence-corrected chi connectivity index (χ1v) is 4.24. The molecule has 0 aliphatic carbocycles. The third-order valence-corrected chi connectivity index (χ3v) is 3.54. The van der Waals surface area contributed by atoms with Gasteiger partial charge in [-0.2, -0.15) is 0 Å². The van der Waals surface area contributed by atoms with Crippen molar-refractivity contribution in [2.75, 3.05) is 7.05 Å². The molecule has 0 aromatic heterocycles. The highest BCUT2D eigenvalue weighted by Crippen LogP contribution is 2.24. The Hall–Kier alpha value is 0.0200. The third-order valence-electron chi connectivity index (χ3n) is 2.14. The standard InChI is InChI=1S/C7H14NS/c1-5-6(2)9-7(3)8(5)4/h5-6H,1-4H3/q+1/t5-,6+/m0/s1. The van der Waals surface area contributed by atoms with E-state index in [0.717, 1.165) is 11.3 Å². The topological polar surface area (TPSA) is 3.01 Å². The van der Waals surface area contributed by atoms with Gasteiger partial charge in [0, 0.05) is 6.92 Å². The van der Waals surface area contributed by atoms with E-state index in [2.05, 4.69) is 32.4 Å². The summed E-state index contributed by atoms with van der Waals surface area (Å²) in [5.41, 5.74) is 0. The van der Waals surface area contributed by atoms with Gasteiger partial charge >= 0.3 is 0 Å². The molecule has 0 aromatic carbocycles. The van der Waals surface area contributed by atoms with Gasteiger partial charge in [0.2, 0.25) is 5.04 Å². The predicted molar refractivity (Wildman–Crippen MR) is 43.4 cm³/mol. The van der Waals surface area contributed by atoms with Gasteiger partial charge in [0.25, 0.3) is 0 Å². The second kappa shape index (κ2) is 2.33. The molecule has 0 saturated heterocycles. The number of hydrogen-bond donors (Lipinski definition) is 0. The second-order valence-electron chi connectivity index (χ2n) is 2.69. The first-order valence-electron chi connectivity index (χ1n) is 3.36. The van der Waals surface area contributed by atoms with Crippen LogP contribution in [0.5, 0.6) is 0 Å². The van der Waals surface area contributed by atoms with Gasteiger partial charge in [-0.1, -0.05) is 11.8 Å². The maximum Gasteiger partial charge on any atom is 0.207 e. The molecule has 1 nitrogen and oxygen atoms in total. The summed E-state index contributed by atoms with van der Waals surface area (Å²) >= 11 is 1.98. The monoisotopic (exact) mass is 144 g/mol. The molecule has 52 valence electrons. The molecule has 2 atom stereocenters. The molecule has 9 heavy (non-hydrogen) atoms. The lowest BCUT2D eigenvalue weighted by Gasteiger charge is -2.02. The minimum Gasteiger partial charge on any atom is -0.227 e. The van der Waals surface area contributed by atoms with Crippen molar-refractivity contribution >= 4 is 16.8 Å². The molecule has 0 unspecified atom stereocenters. The van der Waals surface area contributed by atoms with Gasteiger partial charge < -0.3 is 0 Å². The van der Waals surface area contributed by atoms with Crippen LogP contribution in [0, 0.1) is 0 Å². The van der Waals surface area contributed by atoms with Crippen LogP contribution in [-0.4, -0.2) is 28.0 Å². The molecule has 0 spiro atoms. The van der Waals surface area contributed by atoms with E-state index >= 15 is 0 Å². The molecule has 0 bridgehead atoms. The van der Waals surface area contributed by atoms with Crippen molar-refractivity contribution in [2.24, 2.45) is 0 Å². The Morgan fingerprint density at radius 1 is 1.44 bits per heavy atom. The Labute approximate surface area is 61.2 Å². The lowest BCUT2D eigenvalue weighted by atomic mass is 10.2. The number of rotatable bonds is 0. The smallest absolute Gasteiger partial charge is 0.207 e. The number of thioether (sulfide) groups is 1. The highest BCUT2D eigenvalue weighted by Gasteiger charge is 2.31. The zero-order valence-electron chi connectivity index (χ0n) is 6.51. The molecule has 1 heterocycles. The highest BCUT2D eigenvalue weighted by molar-refractivity contribution is 8.14. The molecule has 2 heteroatoms. The molecule has 1 aliphatic heterocycles. The third kappa shape index (κ3) is 1.13. The van der Waals surface area contributed by atoms with E-state index in [9.17, 15) is 0 Å². The molecular weight excluding hydrogens is 130 g/mol. The fraction of sp³-hybridized carbons (Fsp3) is 0.857. The predicted octanol–water partition coefficient (Wildman–Crippen LogP) is 1.57. The van der Waals surface area contributed by atoms with Gasteiger partial charge in [0.05, 0.1) is 5.25 Å². The SMILES string of the molecule is CC1=[N+](C)[C@@H](C)[C@@H](C)S1. The summed E-state index contributed by atoms with van der Waals surface area (Å²) in [4.78, 5) is 0. The summed E-state index contributed by atoms with van der Waals surface area (Å²) in [6.07, 6.45) is 0. The highest BCUT2D eigenvalue weighted by atomic mass is 32.2. The molecule has 0 fully saturated rings. The van der Waals surface area contributed by atoms with E-state index in [1.165, 1.54) is 5.04 Å². The van der Waals surface area contributed by atoms with Gasteiger partial charge in [0.1, 0.15) is 7.05 Å². The molecule has 0 amide bonds. The summed E-state index contributed by atoms with van der Waals surface area (Å²) in [5.74, 6) is 0. The van der Waals surface area contributed by atoms with Crippen LogP contribution in [-0.2, 0) is 0 Å². The summed E-state index contributed by atoms with van der Waals surface area (Å²) in [5, 5.41) is 2.23. The maximum atomic E-state index is 2.34.